The number of rotatable bonds is 6. The molecule has 0 aromatic heterocycles. The molecule has 0 unspecified atom stereocenters. The average Bonchev–Trinajstić information content (AvgIpc) is 2.43. The van der Waals surface area contributed by atoms with E-state index in [1.165, 1.54) is 20.1 Å². The number of hydrogen-bond acceptors (Lipinski definition) is 6. The Morgan fingerprint density at radius 2 is 2.05 bits per heavy atom. The lowest BCUT2D eigenvalue weighted by molar-refractivity contribution is -0.135. The number of carbonyl (C=O) groups excluding carboxylic acids is 2. The molecule has 1 N–H and O–H groups in total. The molecule has 0 amide bonds. The number of esters is 2. The molecule has 0 spiro atoms. The smallest absolute Gasteiger partial charge is 0.394 e. The van der Waals surface area contributed by atoms with Gasteiger partial charge in [-0.05, 0) is 23.8 Å². The fraction of sp³-hybridized carbons (Fsp3) is 0.231. The molecule has 1 rings (SSSR count). The van der Waals surface area contributed by atoms with E-state index in [2.05, 4.69) is 9.96 Å². The number of benzene rings is 1. The molecule has 7 heteroatoms. The highest BCUT2D eigenvalue weighted by Gasteiger charge is 2.07. The highest BCUT2D eigenvalue weighted by Crippen LogP contribution is 2.26. The largest absolute Gasteiger partial charge is 0.466 e. The van der Waals surface area contributed by atoms with Gasteiger partial charge in [0.25, 0.3) is 0 Å². The molecule has 0 saturated heterocycles. The molecule has 0 aliphatic rings. The maximum atomic E-state index is 11.1. The van der Waals surface area contributed by atoms with Crippen molar-refractivity contribution in [1.29, 1.82) is 0 Å². The highest BCUT2D eigenvalue weighted by atomic mass is 16.5. The van der Waals surface area contributed by atoms with Crippen molar-refractivity contribution in [2.45, 2.75) is 6.92 Å². The Kier molecular flexibility index (Phi) is 6.32. The fourth-order valence-corrected chi connectivity index (χ4v) is 1.41. The molecule has 106 valence electrons. The zero-order chi connectivity index (χ0) is 15.0. The Balaban J connectivity index is 2.97. The summed E-state index contributed by atoms with van der Waals surface area (Å²) in [6, 6.07) is 5.14. The molecule has 0 aliphatic heterocycles. The third-order valence-electron chi connectivity index (χ3n) is 2.28. The van der Waals surface area contributed by atoms with Crippen molar-refractivity contribution in [1.82, 2.24) is 0 Å². The van der Waals surface area contributed by atoms with Crippen LogP contribution >= 0.6 is 0 Å². The van der Waals surface area contributed by atoms with Gasteiger partial charge in [-0.3, -0.25) is 4.79 Å². The first-order valence-corrected chi connectivity index (χ1v) is 5.88. The van der Waals surface area contributed by atoms with E-state index in [-0.39, 0.29) is 7.62 Å². The first-order valence-electron chi connectivity index (χ1n) is 5.88. The molecule has 0 saturated carbocycles. The molecule has 0 atom stereocenters. The number of ether oxygens (including phenoxy) is 2. The Hall–Kier alpha value is -2.28. The summed E-state index contributed by atoms with van der Waals surface area (Å²) in [4.78, 5) is 22.1. The number of nitrogens with one attached hydrogen (secondary N) is 1. The van der Waals surface area contributed by atoms with Crippen LogP contribution in [-0.2, 0) is 19.0 Å². The summed E-state index contributed by atoms with van der Waals surface area (Å²) < 4.78 is 14.5. The maximum absolute atomic E-state index is 11.1. The molecular weight excluding hydrogens is 261 g/mol. The van der Waals surface area contributed by atoms with Crippen LogP contribution < -0.4 is 9.96 Å². The van der Waals surface area contributed by atoms with Crippen molar-refractivity contribution in [2.75, 3.05) is 19.4 Å². The molecule has 0 radical (unpaired) electrons. The van der Waals surface area contributed by atoms with Crippen molar-refractivity contribution >= 4 is 31.3 Å². The third kappa shape index (κ3) is 5.15. The standard InChI is InChI=1S/C13H16BNO5/c1-9(16)20-12-8-10(5-7-13(17)18-2)4-6-11(12)15-14-19-3/h4-8,14-15H,1-3H3/b7-5+. The summed E-state index contributed by atoms with van der Waals surface area (Å²) in [5.74, 6) is -0.526. The van der Waals surface area contributed by atoms with E-state index in [1.54, 1.807) is 31.4 Å². The van der Waals surface area contributed by atoms with Crippen molar-refractivity contribution in [3.63, 3.8) is 0 Å². The zero-order valence-electron chi connectivity index (χ0n) is 11.6. The van der Waals surface area contributed by atoms with E-state index in [1.807, 2.05) is 0 Å². The second kappa shape index (κ2) is 8.01. The Morgan fingerprint density at radius 3 is 2.65 bits per heavy atom. The summed E-state index contributed by atoms with van der Waals surface area (Å²) in [5.41, 5.74) is 1.33. The zero-order valence-corrected chi connectivity index (χ0v) is 11.6. The lowest BCUT2D eigenvalue weighted by atomic mass is 10.1. The van der Waals surface area contributed by atoms with Crippen LogP contribution in [0.4, 0.5) is 5.69 Å². The predicted octanol–water partition coefficient (Wildman–Crippen LogP) is 1.12. The first kappa shape index (κ1) is 15.8. The number of methoxy groups -OCH3 is 1. The van der Waals surface area contributed by atoms with Crippen LogP contribution in [0.5, 0.6) is 5.75 Å². The molecule has 20 heavy (non-hydrogen) atoms. The molecular formula is C13H16BNO5. The molecule has 0 heterocycles. The first-order chi connectivity index (χ1) is 9.56. The molecule has 6 nitrogen and oxygen atoms in total. The van der Waals surface area contributed by atoms with E-state index < -0.39 is 11.9 Å². The topological polar surface area (TPSA) is 73.9 Å². The number of carbonyl (C=O) groups is 2. The van der Waals surface area contributed by atoms with Crippen molar-refractivity contribution in [3.05, 3.63) is 29.8 Å². The quantitative estimate of drug-likeness (QED) is 0.363. The van der Waals surface area contributed by atoms with E-state index in [0.717, 1.165) is 0 Å². The van der Waals surface area contributed by atoms with Gasteiger partial charge in [0, 0.05) is 20.1 Å². The summed E-state index contributed by atoms with van der Waals surface area (Å²) in [5, 5.41) is 2.96. The van der Waals surface area contributed by atoms with Crippen LogP contribution in [0.2, 0.25) is 0 Å². The summed E-state index contributed by atoms with van der Waals surface area (Å²) in [6.07, 6.45) is 2.86. The van der Waals surface area contributed by atoms with Gasteiger partial charge in [-0.25, -0.2) is 4.79 Å². The van der Waals surface area contributed by atoms with E-state index in [0.29, 0.717) is 17.0 Å². The summed E-state index contributed by atoms with van der Waals surface area (Å²) in [6.45, 7) is 1.32. The lowest BCUT2D eigenvalue weighted by Crippen LogP contribution is -2.11. The third-order valence-corrected chi connectivity index (χ3v) is 2.28. The van der Waals surface area contributed by atoms with Crippen molar-refractivity contribution < 1.29 is 23.7 Å². The SMILES string of the molecule is COBNc1ccc(/C=C/C(=O)OC)cc1OC(C)=O. The maximum Gasteiger partial charge on any atom is 0.394 e. The monoisotopic (exact) mass is 277 g/mol. The van der Waals surface area contributed by atoms with E-state index in [9.17, 15) is 9.59 Å². The lowest BCUT2D eigenvalue weighted by Gasteiger charge is -2.11. The minimum atomic E-state index is -0.458. The normalized spacial score (nSPS) is 10.2. The molecule has 1 aromatic rings. The van der Waals surface area contributed by atoms with Crippen LogP contribution in [0.15, 0.2) is 24.3 Å². The summed E-state index contributed by atoms with van der Waals surface area (Å²) in [7, 11) is 3.13. The minimum Gasteiger partial charge on any atom is -0.466 e. The van der Waals surface area contributed by atoms with Crippen LogP contribution in [-0.4, -0.2) is 33.8 Å². The van der Waals surface area contributed by atoms with E-state index >= 15 is 0 Å². The van der Waals surface area contributed by atoms with Crippen LogP contribution in [0, 0.1) is 0 Å². The fourth-order valence-electron chi connectivity index (χ4n) is 1.41. The Morgan fingerprint density at radius 1 is 1.30 bits per heavy atom. The minimum absolute atomic E-state index is 0.283. The summed E-state index contributed by atoms with van der Waals surface area (Å²) >= 11 is 0. The van der Waals surface area contributed by atoms with Crippen LogP contribution in [0.1, 0.15) is 12.5 Å². The van der Waals surface area contributed by atoms with Crippen molar-refractivity contribution in [2.24, 2.45) is 0 Å². The molecule has 0 aliphatic carbocycles. The highest BCUT2D eigenvalue weighted by molar-refractivity contribution is 6.32. The number of hydrogen-bond donors (Lipinski definition) is 1. The molecule has 0 fully saturated rings. The number of anilines is 1. The Labute approximate surface area is 118 Å². The van der Waals surface area contributed by atoms with E-state index in [4.69, 9.17) is 9.39 Å². The van der Waals surface area contributed by atoms with Gasteiger partial charge in [0.1, 0.15) is 0 Å². The molecule has 0 bridgehead atoms. The van der Waals surface area contributed by atoms with Crippen LogP contribution in [0.25, 0.3) is 6.08 Å². The van der Waals surface area contributed by atoms with Gasteiger partial charge in [-0.1, -0.05) is 6.07 Å². The van der Waals surface area contributed by atoms with Gasteiger partial charge >= 0.3 is 19.6 Å². The average molecular weight is 277 g/mol. The van der Waals surface area contributed by atoms with Crippen LogP contribution in [0.3, 0.4) is 0 Å². The van der Waals surface area contributed by atoms with Gasteiger partial charge in [0.05, 0.1) is 12.8 Å². The second-order valence-corrected chi connectivity index (χ2v) is 3.82. The molecule has 1 aromatic carbocycles. The Bertz CT molecular complexity index is 515. The van der Waals surface area contributed by atoms with Gasteiger partial charge < -0.3 is 19.4 Å². The van der Waals surface area contributed by atoms with Gasteiger partial charge in [-0.15, -0.1) is 0 Å². The second-order valence-electron chi connectivity index (χ2n) is 3.82. The predicted molar refractivity (Wildman–Crippen MR) is 76.6 cm³/mol. The van der Waals surface area contributed by atoms with Gasteiger partial charge in [0.15, 0.2) is 5.75 Å². The van der Waals surface area contributed by atoms with Gasteiger partial charge in [0.2, 0.25) is 0 Å². The van der Waals surface area contributed by atoms with Crippen molar-refractivity contribution in [3.8, 4) is 5.75 Å². The van der Waals surface area contributed by atoms with Gasteiger partial charge in [-0.2, -0.15) is 0 Å².